The van der Waals surface area contributed by atoms with Crippen LogP contribution in [-0.2, 0) is 22.6 Å². The van der Waals surface area contributed by atoms with Crippen LogP contribution in [0, 0.1) is 5.92 Å². The fraction of sp³-hybridized carbons (Fsp3) is 0.381. The van der Waals surface area contributed by atoms with Gasteiger partial charge in [0.15, 0.2) is 0 Å². The fourth-order valence-corrected chi connectivity index (χ4v) is 4.02. The standard InChI is InChI=1S/C21H23N3O2/c25-20(12-16-8-10-22-11-9-16)23-14-18-6-7-19(15-23)24(21(18)26)13-17-4-2-1-3-5-17/h1-5,8-11,18-19H,6-7,12-15H2. The van der Waals surface area contributed by atoms with Crippen LogP contribution < -0.4 is 0 Å². The van der Waals surface area contributed by atoms with Gasteiger partial charge in [0.2, 0.25) is 11.8 Å². The molecule has 5 rings (SSSR count). The summed E-state index contributed by atoms with van der Waals surface area (Å²) < 4.78 is 0. The van der Waals surface area contributed by atoms with E-state index in [0.29, 0.717) is 26.1 Å². The average Bonchev–Trinajstić information content (AvgIpc) is 2.96. The van der Waals surface area contributed by atoms with Crippen LogP contribution in [0.5, 0.6) is 0 Å². The molecule has 4 heterocycles. The molecule has 3 saturated heterocycles. The Hall–Kier alpha value is -2.69. The number of fused-ring (bicyclic) bond motifs is 4. The van der Waals surface area contributed by atoms with Gasteiger partial charge in [0.05, 0.1) is 12.3 Å². The molecule has 2 bridgehead atoms. The largest absolute Gasteiger partial charge is 0.340 e. The number of nitrogens with zero attached hydrogens (tertiary/aromatic N) is 3. The summed E-state index contributed by atoms with van der Waals surface area (Å²) in [4.78, 5) is 33.6. The second-order valence-corrected chi connectivity index (χ2v) is 7.21. The minimum Gasteiger partial charge on any atom is -0.340 e. The number of carbonyl (C=O) groups is 2. The Balaban J connectivity index is 1.48. The number of benzene rings is 1. The Labute approximate surface area is 153 Å². The van der Waals surface area contributed by atoms with Gasteiger partial charge in [-0.25, -0.2) is 0 Å². The molecule has 2 aromatic rings. The molecule has 1 aromatic carbocycles. The third kappa shape index (κ3) is 3.47. The maximum Gasteiger partial charge on any atom is 0.228 e. The van der Waals surface area contributed by atoms with E-state index in [4.69, 9.17) is 0 Å². The molecule has 3 aliphatic rings. The van der Waals surface area contributed by atoms with Crippen LogP contribution in [0.25, 0.3) is 0 Å². The highest BCUT2D eigenvalue weighted by atomic mass is 16.2. The van der Waals surface area contributed by atoms with E-state index < -0.39 is 0 Å². The lowest BCUT2D eigenvalue weighted by Gasteiger charge is -2.36. The third-order valence-electron chi connectivity index (χ3n) is 5.45. The van der Waals surface area contributed by atoms with Crippen LogP contribution >= 0.6 is 0 Å². The van der Waals surface area contributed by atoms with Crippen molar-refractivity contribution in [2.75, 3.05) is 13.1 Å². The number of rotatable bonds is 4. The van der Waals surface area contributed by atoms with E-state index in [1.54, 1.807) is 12.4 Å². The average molecular weight is 349 g/mol. The Morgan fingerprint density at radius 3 is 2.54 bits per heavy atom. The van der Waals surface area contributed by atoms with Crippen molar-refractivity contribution in [1.82, 2.24) is 14.8 Å². The van der Waals surface area contributed by atoms with E-state index in [1.165, 1.54) is 0 Å². The first-order chi connectivity index (χ1) is 12.7. The molecular weight excluding hydrogens is 326 g/mol. The Morgan fingerprint density at radius 2 is 1.77 bits per heavy atom. The molecule has 1 aromatic heterocycles. The van der Waals surface area contributed by atoms with Crippen molar-refractivity contribution in [3.63, 3.8) is 0 Å². The maximum absolute atomic E-state index is 12.9. The van der Waals surface area contributed by atoms with Crippen molar-refractivity contribution in [3.8, 4) is 0 Å². The number of hydrogen-bond donors (Lipinski definition) is 0. The van der Waals surface area contributed by atoms with Gasteiger partial charge in [-0.15, -0.1) is 0 Å². The topological polar surface area (TPSA) is 53.5 Å². The van der Waals surface area contributed by atoms with Crippen LogP contribution in [-0.4, -0.2) is 45.7 Å². The maximum atomic E-state index is 12.9. The first-order valence-corrected chi connectivity index (χ1v) is 9.22. The van der Waals surface area contributed by atoms with Crippen molar-refractivity contribution >= 4 is 11.8 Å². The van der Waals surface area contributed by atoms with Gasteiger partial charge < -0.3 is 9.80 Å². The molecule has 0 N–H and O–H groups in total. The quantitative estimate of drug-likeness (QED) is 0.851. The highest BCUT2D eigenvalue weighted by Gasteiger charge is 2.41. The van der Waals surface area contributed by atoms with Crippen LogP contribution in [0.15, 0.2) is 54.9 Å². The van der Waals surface area contributed by atoms with E-state index in [0.717, 1.165) is 24.0 Å². The number of hydrogen-bond acceptors (Lipinski definition) is 3. The van der Waals surface area contributed by atoms with Crippen LogP contribution in [0.2, 0.25) is 0 Å². The predicted octanol–water partition coefficient (Wildman–Crippen LogP) is 2.27. The molecular formula is C21H23N3O2. The van der Waals surface area contributed by atoms with Gasteiger partial charge in [0.25, 0.3) is 0 Å². The summed E-state index contributed by atoms with van der Waals surface area (Å²) in [5.74, 6) is 0.227. The molecule has 5 heteroatoms. The molecule has 2 unspecified atom stereocenters. The van der Waals surface area contributed by atoms with Crippen molar-refractivity contribution in [2.45, 2.75) is 31.8 Å². The number of pyridine rings is 1. The summed E-state index contributed by atoms with van der Waals surface area (Å²) in [6.45, 7) is 1.82. The van der Waals surface area contributed by atoms with Gasteiger partial charge >= 0.3 is 0 Å². The Bertz CT molecular complexity index is 778. The monoisotopic (exact) mass is 349 g/mol. The molecule has 26 heavy (non-hydrogen) atoms. The zero-order valence-corrected chi connectivity index (χ0v) is 14.8. The van der Waals surface area contributed by atoms with Gasteiger partial charge in [0, 0.05) is 38.1 Å². The summed E-state index contributed by atoms with van der Waals surface area (Å²) >= 11 is 0. The first-order valence-electron chi connectivity index (χ1n) is 9.22. The highest BCUT2D eigenvalue weighted by molar-refractivity contribution is 5.84. The molecule has 2 atom stereocenters. The zero-order chi connectivity index (χ0) is 17.9. The van der Waals surface area contributed by atoms with Crippen molar-refractivity contribution in [1.29, 1.82) is 0 Å². The molecule has 0 radical (unpaired) electrons. The summed E-state index contributed by atoms with van der Waals surface area (Å²) in [7, 11) is 0. The molecule has 0 saturated carbocycles. The summed E-state index contributed by atoms with van der Waals surface area (Å²) in [5, 5.41) is 0. The molecule has 3 aliphatic heterocycles. The lowest BCUT2D eigenvalue weighted by atomic mass is 9.93. The number of aromatic nitrogens is 1. The number of amides is 2. The second kappa shape index (κ2) is 7.28. The molecule has 2 amide bonds. The van der Waals surface area contributed by atoms with Gasteiger partial charge in [-0.3, -0.25) is 14.6 Å². The van der Waals surface area contributed by atoms with Gasteiger partial charge in [-0.05, 0) is 36.1 Å². The van der Waals surface area contributed by atoms with Crippen molar-refractivity contribution in [3.05, 3.63) is 66.0 Å². The first kappa shape index (κ1) is 16.8. The third-order valence-corrected chi connectivity index (χ3v) is 5.45. The van der Waals surface area contributed by atoms with E-state index in [2.05, 4.69) is 17.1 Å². The van der Waals surface area contributed by atoms with Gasteiger partial charge in [-0.1, -0.05) is 30.3 Å². The molecule has 3 fully saturated rings. The molecule has 0 aliphatic carbocycles. The van der Waals surface area contributed by atoms with Crippen LogP contribution in [0.1, 0.15) is 24.0 Å². The second-order valence-electron chi connectivity index (χ2n) is 7.21. The van der Waals surface area contributed by atoms with Crippen molar-refractivity contribution in [2.24, 2.45) is 5.92 Å². The highest BCUT2D eigenvalue weighted by Crippen LogP contribution is 2.30. The van der Waals surface area contributed by atoms with E-state index in [-0.39, 0.29) is 23.8 Å². The molecule has 0 spiro atoms. The smallest absolute Gasteiger partial charge is 0.228 e. The summed E-state index contributed by atoms with van der Waals surface area (Å²) in [6.07, 6.45) is 5.64. The van der Waals surface area contributed by atoms with E-state index in [9.17, 15) is 9.59 Å². The summed E-state index contributed by atoms with van der Waals surface area (Å²) in [5.41, 5.74) is 2.11. The number of carbonyl (C=O) groups excluding carboxylic acids is 2. The van der Waals surface area contributed by atoms with Crippen LogP contribution in [0.3, 0.4) is 0 Å². The molecule has 134 valence electrons. The van der Waals surface area contributed by atoms with Crippen LogP contribution in [0.4, 0.5) is 0 Å². The van der Waals surface area contributed by atoms with Crippen molar-refractivity contribution < 1.29 is 9.59 Å². The van der Waals surface area contributed by atoms with Gasteiger partial charge in [-0.2, -0.15) is 0 Å². The minimum atomic E-state index is -0.0705. The SMILES string of the molecule is O=C(Cc1ccncc1)N1CC2CCC(C1)N(Cc1ccccc1)C2=O. The normalized spacial score (nSPS) is 22.4. The Morgan fingerprint density at radius 1 is 1.00 bits per heavy atom. The van der Waals surface area contributed by atoms with Gasteiger partial charge in [0.1, 0.15) is 0 Å². The minimum absolute atomic E-state index is 0.0705. The lowest BCUT2D eigenvalue weighted by molar-refractivity contribution is -0.140. The lowest BCUT2D eigenvalue weighted by Crippen LogP contribution is -2.47. The fourth-order valence-electron chi connectivity index (χ4n) is 4.02. The van der Waals surface area contributed by atoms with E-state index in [1.807, 2.05) is 40.1 Å². The predicted molar refractivity (Wildman–Crippen MR) is 98.0 cm³/mol. The van der Waals surface area contributed by atoms with E-state index >= 15 is 0 Å². The summed E-state index contributed by atoms with van der Waals surface area (Å²) in [6, 6.07) is 14.0. The molecule has 5 nitrogen and oxygen atoms in total. The Kier molecular flexibility index (Phi) is 4.69. The zero-order valence-electron chi connectivity index (χ0n) is 14.8. The number of piperidine rings is 1.